The number of Topliss-reactive ketones (excluding diaryl/α,β-unsaturated/α-hetero) is 1. The second-order valence-electron chi connectivity index (χ2n) is 10.4. The standard InChI is InChI=1S/C30H23F5N4O2/c1-17-26(28(41)38-13-10-29(11-14-38)23(40)15-18-4-9-22(31)25(32)24(18)29)37-39(27(17)19-3-2-12-36-16-19)21-7-5-20(6-8-21)30(33,34)35/h2-9,12,16H,10-11,13-15H2,1H3. The first-order chi connectivity index (χ1) is 19.5. The number of ketones is 1. The summed E-state index contributed by atoms with van der Waals surface area (Å²) in [5.41, 5.74) is 0.583. The number of nitrogens with zero attached hydrogens (tertiary/aromatic N) is 4. The lowest BCUT2D eigenvalue weighted by Crippen LogP contribution is -2.48. The van der Waals surface area contributed by atoms with E-state index in [9.17, 15) is 31.5 Å². The Morgan fingerprint density at radius 2 is 1.71 bits per heavy atom. The fourth-order valence-corrected chi connectivity index (χ4v) is 6.03. The van der Waals surface area contributed by atoms with Crippen molar-refractivity contribution < 1.29 is 31.5 Å². The number of amides is 1. The Hall–Kier alpha value is -4.41. The largest absolute Gasteiger partial charge is 0.416 e. The summed E-state index contributed by atoms with van der Waals surface area (Å²) in [6.07, 6.45) is -1.07. The first-order valence-corrected chi connectivity index (χ1v) is 13.0. The monoisotopic (exact) mass is 566 g/mol. The van der Waals surface area contributed by atoms with Gasteiger partial charge in [0.15, 0.2) is 17.3 Å². The molecule has 41 heavy (non-hydrogen) atoms. The molecule has 4 aromatic rings. The Morgan fingerprint density at radius 3 is 2.34 bits per heavy atom. The molecule has 1 spiro atoms. The molecule has 1 saturated heterocycles. The minimum atomic E-state index is -4.51. The SMILES string of the molecule is Cc1c(C(=O)N2CCC3(CC2)C(=O)Cc2ccc(F)c(F)c23)nn(-c2ccc(C(F)(F)F)cc2)c1-c1cccnc1. The van der Waals surface area contributed by atoms with E-state index in [4.69, 9.17) is 0 Å². The predicted octanol–water partition coefficient (Wildman–Crippen LogP) is 5.84. The van der Waals surface area contributed by atoms with E-state index < -0.39 is 34.7 Å². The zero-order valence-corrected chi connectivity index (χ0v) is 21.8. The van der Waals surface area contributed by atoms with Crippen molar-refractivity contribution in [3.05, 3.63) is 101 Å². The minimum absolute atomic E-state index is 0.0194. The minimum Gasteiger partial charge on any atom is -0.337 e. The molecule has 11 heteroatoms. The quantitative estimate of drug-likeness (QED) is 0.293. The van der Waals surface area contributed by atoms with E-state index in [-0.39, 0.29) is 49.4 Å². The van der Waals surface area contributed by atoms with Gasteiger partial charge in [0, 0.05) is 48.6 Å². The third kappa shape index (κ3) is 4.30. The molecule has 6 rings (SSSR count). The number of hydrogen-bond acceptors (Lipinski definition) is 4. The third-order valence-electron chi connectivity index (χ3n) is 8.15. The summed E-state index contributed by atoms with van der Waals surface area (Å²) in [6, 6.07) is 10.4. The van der Waals surface area contributed by atoms with Crippen LogP contribution in [0.5, 0.6) is 0 Å². The Bertz CT molecular complexity index is 1670. The van der Waals surface area contributed by atoms with Gasteiger partial charge in [0.1, 0.15) is 5.78 Å². The molecular weight excluding hydrogens is 543 g/mol. The van der Waals surface area contributed by atoms with Crippen LogP contribution in [-0.4, -0.2) is 44.4 Å². The number of benzene rings is 2. The number of alkyl halides is 3. The molecule has 1 amide bonds. The average molecular weight is 567 g/mol. The van der Waals surface area contributed by atoms with Crippen molar-refractivity contribution in [2.75, 3.05) is 13.1 Å². The number of likely N-dealkylation sites (tertiary alicyclic amines) is 1. The Morgan fingerprint density at radius 1 is 1.00 bits per heavy atom. The van der Waals surface area contributed by atoms with Gasteiger partial charge in [-0.2, -0.15) is 18.3 Å². The number of fused-ring (bicyclic) bond motifs is 2. The number of piperidine rings is 1. The molecule has 0 atom stereocenters. The zero-order chi connectivity index (χ0) is 29.1. The molecule has 1 aliphatic heterocycles. The molecule has 0 saturated carbocycles. The Balaban J connectivity index is 1.34. The normalized spacial score (nSPS) is 16.3. The van der Waals surface area contributed by atoms with Gasteiger partial charge in [-0.05, 0) is 67.8 Å². The molecular formula is C30H23F5N4O2. The van der Waals surface area contributed by atoms with Crippen molar-refractivity contribution in [3.8, 4) is 16.9 Å². The molecule has 1 aliphatic carbocycles. The van der Waals surface area contributed by atoms with Crippen LogP contribution < -0.4 is 0 Å². The smallest absolute Gasteiger partial charge is 0.337 e. The summed E-state index contributed by atoms with van der Waals surface area (Å²) in [5, 5.41) is 4.53. The maximum atomic E-state index is 14.9. The van der Waals surface area contributed by atoms with Crippen molar-refractivity contribution in [2.45, 2.75) is 37.8 Å². The van der Waals surface area contributed by atoms with Crippen LogP contribution in [0.4, 0.5) is 22.0 Å². The van der Waals surface area contributed by atoms with Gasteiger partial charge in [-0.1, -0.05) is 6.07 Å². The van der Waals surface area contributed by atoms with Crippen molar-refractivity contribution >= 4 is 11.7 Å². The van der Waals surface area contributed by atoms with E-state index in [2.05, 4.69) is 10.1 Å². The molecule has 210 valence electrons. The summed E-state index contributed by atoms with van der Waals surface area (Å²) < 4.78 is 69.8. The highest BCUT2D eigenvalue weighted by atomic mass is 19.4. The molecule has 1 fully saturated rings. The fourth-order valence-electron chi connectivity index (χ4n) is 6.03. The highest BCUT2D eigenvalue weighted by Gasteiger charge is 2.50. The average Bonchev–Trinajstić information content (AvgIpc) is 3.45. The molecule has 2 aromatic heterocycles. The van der Waals surface area contributed by atoms with Crippen molar-refractivity contribution in [1.82, 2.24) is 19.7 Å². The van der Waals surface area contributed by atoms with Crippen molar-refractivity contribution in [2.24, 2.45) is 0 Å². The van der Waals surface area contributed by atoms with E-state index in [0.717, 1.165) is 18.2 Å². The Kier molecular flexibility index (Phi) is 6.28. The summed E-state index contributed by atoms with van der Waals surface area (Å²) in [4.78, 5) is 32.4. The number of hydrogen-bond donors (Lipinski definition) is 0. The second kappa shape index (κ2) is 9.60. The second-order valence-corrected chi connectivity index (χ2v) is 10.4. The lowest BCUT2D eigenvalue weighted by Gasteiger charge is -2.38. The lowest BCUT2D eigenvalue weighted by atomic mass is 9.72. The van der Waals surface area contributed by atoms with Gasteiger partial charge in [-0.15, -0.1) is 0 Å². The van der Waals surface area contributed by atoms with Crippen LogP contribution in [0.2, 0.25) is 0 Å². The molecule has 0 N–H and O–H groups in total. The van der Waals surface area contributed by atoms with Gasteiger partial charge in [0.05, 0.1) is 22.4 Å². The predicted molar refractivity (Wildman–Crippen MR) is 138 cm³/mol. The number of pyridine rings is 1. The van der Waals surface area contributed by atoms with Gasteiger partial charge < -0.3 is 4.90 Å². The first kappa shape index (κ1) is 26.8. The number of rotatable bonds is 3. The molecule has 3 heterocycles. The van der Waals surface area contributed by atoms with Crippen LogP contribution in [0.3, 0.4) is 0 Å². The van der Waals surface area contributed by atoms with Gasteiger partial charge in [-0.25, -0.2) is 13.5 Å². The van der Waals surface area contributed by atoms with Gasteiger partial charge in [-0.3, -0.25) is 14.6 Å². The van der Waals surface area contributed by atoms with Crippen LogP contribution >= 0.6 is 0 Å². The summed E-state index contributed by atoms with van der Waals surface area (Å²) >= 11 is 0. The topological polar surface area (TPSA) is 68.1 Å². The number of carbonyl (C=O) groups excluding carboxylic acids is 2. The van der Waals surface area contributed by atoms with Gasteiger partial charge >= 0.3 is 6.18 Å². The fraction of sp³-hybridized carbons (Fsp3) is 0.267. The number of aromatic nitrogens is 3. The van der Waals surface area contributed by atoms with E-state index >= 15 is 0 Å². The first-order valence-electron chi connectivity index (χ1n) is 13.0. The highest BCUT2D eigenvalue weighted by molar-refractivity contribution is 5.98. The van der Waals surface area contributed by atoms with Crippen LogP contribution in [0.15, 0.2) is 60.9 Å². The van der Waals surface area contributed by atoms with E-state index in [1.165, 1.54) is 27.8 Å². The van der Waals surface area contributed by atoms with Crippen molar-refractivity contribution in [3.63, 3.8) is 0 Å². The van der Waals surface area contributed by atoms with Gasteiger partial charge in [0.25, 0.3) is 5.91 Å². The summed E-state index contributed by atoms with van der Waals surface area (Å²) in [5.74, 6) is -2.65. The van der Waals surface area contributed by atoms with Crippen LogP contribution in [0, 0.1) is 18.6 Å². The lowest BCUT2D eigenvalue weighted by molar-refractivity contribution is -0.137. The zero-order valence-electron chi connectivity index (χ0n) is 21.8. The molecule has 0 unspecified atom stereocenters. The molecule has 2 aliphatic rings. The summed E-state index contributed by atoms with van der Waals surface area (Å²) in [6.45, 7) is 1.94. The van der Waals surface area contributed by atoms with Crippen LogP contribution in [0.1, 0.15) is 45.6 Å². The molecule has 2 aromatic carbocycles. The van der Waals surface area contributed by atoms with Crippen molar-refractivity contribution in [1.29, 1.82) is 0 Å². The molecule has 6 nitrogen and oxygen atoms in total. The third-order valence-corrected chi connectivity index (χ3v) is 8.15. The maximum Gasteiger partial charge on any atom is 0.416 e. The number of carbonyl (C=O) groups is 2. The van der Waals surface area contributed by atoms with Crippen LogP contribution in [0.25, 0.3) is 16.9 Å². The maximum absolute atomic E-state index is 14.9. The highest BCUT2D eigenvalue weighted by Crippen LogP contribution is 2.46. The molecule has 0 bridgehead atoms. The number of halogens is 5. The van der Waals surface area contributed by atoms with E-state index in [1.807, 2.05) is 0 Å². The Labute approximate surface area is 231 Å². The van der Waals surface area contributed by atoms with Gasteiger partial charge in [0.2, 0.25) is 0 Å². The summed E-state index contributed by atoms with van der Waals surface area (Å²) in [7, 11) is 0. The van der Waals surface area contributed by atoms with E-state index in [1.54, 1.807) is 31.5 Å². The van der Waals surface area contributed by atoms with E-state index in [0.29, 0.717) is 28.1 Å². The van der Waals surface area contributed by atoms with Crippen LogP contribution in [-0.2, 0) is 22.8 Å². The molecule has 0 radical (unpaired) electrons.